The molecule has 3 nitrogen and oxygen atoms in total. The molecule has 5 heteroatoms. The van der Waals surface area contributed by atoms with Crippen LogP contribution in [0.5, 0.6) is 5.75 Å². The van der Waals surface area contributed by atoms with Crippen LogP contribution in [-0.2, 0) is 6.42 Å². The molecule has 1 heterocycles. The molecule has 0 aliphatic rings. The lowest BCUT2D eigenvalue weighted by molar-refractivity contribution is 0.406. The van der Waals surface area contributed by atoms with Crippen molar-refractivity contribution < 1.29 is 4.74 Å². The zero-order chi connectivity index (χ0) is 15.6. The van der Waals surface area contributed by atoms with Gasteiger partial charge in [0, 0.05) is 45.5 Å². The number of benzene rings is 1. The Kier molecular flexibility index (Phi) is 5.09. The van der Waals surface area contributed by atoms with Gasteiger partial charge < -0.3 is 10.5 Å². The van der Waals surface area contributed by atoms with E-state index in [0.29, 0.717) is 16.5 Å². The Morgan fingerprint density at radius 1 is 1.19 bits per heavy atom. The Labute approximate surface area is 135 Å². The number of rotatable bonds is 4. The number of hydrogen-bond donors (Lipinski definition) is 1. The van der Waals surface area contributed by atoms with Crippen LogP contribution < -0.4 is 10.5 Å². The molecule has 0 radical (unpaired) electrons. The van der Waals surface area contributed by atoms with E-state index < -0.39 is 0 Å². The van der Waals surface area contributed by atoms with Crippen molar-refractivity contribution in [3.63, 3.8) is 0 Å². The summed E-state index contributed by atoms with van der Waals surface area (Å²) in [6.07, 6.45) is 2.40. The van der Waals surface area contributed by atoms with Gasteiger partial charge in [-0.05, 0) is 37.6 Å². The number of aromatic nitrogens is 1. The van der Waals surface area contributed by atoms with Crippen LogP contribution in [0.3, 0.4) is 0 Å². The van der Waals surface area contributed by atoms with Gasteiger partial charge in [-0.1, -0.05) is 23.2 Å². The third-order valence-electron chi connectivity index (χ3n) is 3.48. The topological polar surface area (TPSA) is 48.1 Å². The zero-order valence-electron chi connectivity index (χ0n) is 12.3. The Hall–Kier alpha value is -1.29. The number of nitrogens with zero attached hydrogens (tertiary/aromatic N) is 1. The highest BCUT2D eigenvalue weighted by Crippen LogP contribution is 2.28. The monoisotopic (exact) mass is 324 g/mol. The van der Waals surface area contributed by atoms with E-state index in [0.717, 1.165) is 28.1 Å². The van der Waals surface area contributed by atoms with Crippen LogP contribution in [0, 0.1) is 13.8 Å². The molecule has 0 saturated carbocycles. The number of hydrogen-bond acceptors (Lipinski definition) is 3. The van der Waals surface area contributed by atoms with E-state index in [2.05, 4.69) is 4.98 Å². The molecule has 2 N–H and O–H groups in total. The quantitative estimate of drug-likeness (QED) is 0.914. The molecular weight excluding hydrogens is 307 g/mol. The molecule has 0 bridgehead atoms. The minimum atomic E-state index is -0.222. The summed E-state index contributed by atoms with van der Waals surface area (Å²) < 4.78 is 5.42. The van der Waals surface area contributed by atoms with Gasteiger partial charge in [-0.3, -0.25) is 4.98 Å². The largest absolute Gasteiger partial charge is 0.496 e. The molecule has 112 valence electrons. The maximum atomic E-state index is 6.27. The van der Waals surface area contributed by atoms with Gasteiger partial charge in [-0.2, -0.15) is 0 Å². The number of halogens is 2. The zero-order valence-corrected chi connectivity index (χ0v) is 13.8. The molecule has 1 aromatic heterocycles. The van der Waals surface area contributed by atoms with Crippen LogP contribution in [0.15, 0.2) is 24.4 Å². The first kappa shape index (κ1) is 16.1. The molecule has 0 spiro atoms. The third kappa shape index (κ3) is 3.67. The van der Waals surface area contributed by atoms with Gasteiger partial charge >= 0.3 is 0 Å². The predicted octanol–water partition coefficient (Wildman–Crippen LogP) is 4.26. The van der Waals surface area contributed by atoms with Gasteiger partial charge in [0.15, 0.2) is 0 Å². The fourth-order valence-corrected chi connectivity index (χ4v) is 2.94. The van der Waals surface area contributed by atoms with Crippen molar-refractivity contribution in [3.05, 3.63) is 56.8 Å². The van der Waals surface area contributed by atoms with Gasteiger partial charge in [0.25, 0.3) is 0 Å². The van der Waals surface area contributed by atoms with Crippen LogP contribution in [0.2, 0.25) is 10.0 Å². The second kappa shape index (κ2) is 6.65. The molecule has 1 atom stereocenters. The normalized spacial score (nSPS) is 12.3. The van der Waals surface area contributed by atoms with Crippen LogP contribution in [0.4, 0.5) is 0 Å². The van der Waals surface area contributed by atoms with Gasteiger partial charge in [-0.15, -0.1) is 0 Å². The maximum Gasteiger partial charge on any atom is 0.128 e. The minimum Gasteiger partial charge on any atom is -0.496 e. The summed E-state index contributed by atoms with van der Waals surface area (Å²) in [5.41, 5.74) is 10.1. The van der Waals surface area contributed by atoms with Gasteiger partial charge in [-0.25, -0.2) is 0 Å². The van der Waals surface area contributed by atoms with E-state index in [1.807, 2.05) is 26.0 Å². The van der Waals surface area contributed by atoms with E-state index in [-0.39, 0.29) is 6.04 Å². The highest BCUT2D eigenvalue weighted by molar-refractivity contribution is 6.34. The molecule has 1 aromatic carbocycles. The Balaban J connectivity index is 2.29. The van der Waals surface area contributed by atoms with Crippen LogP contribution in [0.25, 0.3) is 0 Å². The van der Waals surface area contributed by atoms with Crippen molar-refractivity contribution in [3.8, 4) is 5.75 Å². The molecule has 0 aliphatic carbocycles. The van der Waals surface area contributed by atoms with E-state index in [9.17, 15) is 0 Å². The molecule has 2 aromatic rings. The Bertz CT molecular complexity index is 639. The van der Waals surface area contributed by atoms with Crippen molar-refractivity contribution in [1.29, 1.82) is 0 Å². The summed E-state index contributed by atoms with van der Waals surface area (Å²) in [6.45, 7) is 3.96. The number of nitrogens with two attached hydrogens (primary N) is 1. The number of pyridine rings is 1. The summed E-state index contributed by atoms with van der Waals surface area (Å²) in [4.78, 5) is 4.47. The van der Waals surface area contributed by atoms with Gasteiger partial charge in [0.1, 0.15) is 5.75 Å². The van der Waals surface area contributed by atoms with Crippen molar-refractivity contribution in [2.24, 2.45) is 5.73 Å². The minimum absolute atomic E-state index is 0.222. The van der Waals surface area contributed by atoms with Crippen LogP contribution >= 0.6 is 23.2 Å². The van der Waals surface area contributed by atoms with Gasteiger partial charge in [0.2, 0.25) is 0 Å². The average Bonchev–Trinajstić information content (AvgIpc) is 2.41. The lowest BCUT2D eigenvalue weighted by atomic mass is 9.99. The average molecular weight is 325 g/mol. The highest BCUT2D eigenvalue weighted by atomic mass is 35.5. The first-order chi connectivity index (χ1) is 9.92. The number of methoxy groups -OCH3 is 1. The standard InChI is InChI=1S/C16H18Cl2N2O/c1-9-8-20-15(10(2)16(9)21-3)7-14(19)11-4-12(17)6-13(18)5-11/h4-6,8,14H,7,19H2,1-3H3. The van der Waals surface area contributed by atoms with Crippen LogP contribution in [0.1, 0.15) is 28.4 Å². The third-order valence-corrected chi connectivity index (χ3v) is 3.91. The molecule has 2 rings (SSSR count). The number of ether oxygens (including phenoxy) is 1. The number of aryl methyl sites for hydroxylation is 1. The second-order valence-corrected chi connectivity index (χ2v) is 5.93. The smallest absolute Gasteiger partial charge is 0.128 e. The summed E-state index contributed by atoms with van der Waals surface area (Å²) >= 11 is 12.0. The molecule has 1 unspecified atom stereocenters. The fraction of sp³-hybridized carbons (Fsp3) is 0.312. The predicted molar refractivity (Wildman–Crippen MR) is 87.4 cm³/mol. The van der Waals surface area contributed by atoms with Crippen molar-refractivity contribution in [2.45, 2.75) is 26.3 Å². The van der Waals surface area contributed by atoms with Crippen LogP contribution in [-0.4, -0.2) is 12.1 Å². The lowest BCUT2D eigenvalue weighted by Crippen LogP contribution is -2.15. The second-order valence-electron chi connectivity index (χ2n) is 5.06. The van der Waals surface area contributed by atoms with E-state index >= 15 is 0 Å². The molecule has 21 heavy (non-hydrogen) atoms. The maximum absolute atomic E-state index is 6.27. The summed E-state index contributed by atoms with van der Waals surface area (Å²) in [5, 5.41) is 1.17. The SMILES string of the molecule is COc1c(C)cnc(CC(N)c2cc(Cl)cc(Cl)c2)c1C. The molecule has 0 fully saturated rings. The lowest BCUT2D eigenvalue weighted by Gasteiger charge is -2.16. The molecular formula is C16H18Cl2N2O. The van der Waals surface area contributed by atoms with E-state index in [1.165, 1.54) is 0 Å². The van der Waals surface area contributed by atoms with E-state index in [4.69, 9.17) is 33.7 Å². The Morgan fingerprint density at radius 3 is 2.38 bits per heavy atom. The van der Waals surface area contributed by atoms with Gasteiger partial charge in [0.05, 0.1) is 7.11 Å². The first-order valence-corrected chi connectivity index (χ1v) is 7.38. The van der Waals surface area contributed by atoms with Crippen molar-refractivity contribution >= 4 is 23.2 Å². The van der Waals surface area contributed by atoms with Crippen molar-refractivity contribution in [1.82, 2.24) is 4.98 Å². The molecule has 0 aliphatic heterocycles. The summed E-state index contributed by atoms with van der Waals surface area (Å²) in [5.74, 6) is 0.858. The first-order valence-electron chi connectivity index (χ1n) is 6.63. The summed E-state index contributed by atoms with van der Waals surface area (Å²) in [7, 11) is 1.66. The molecule has 0 saturated heterocycles. The highest BCUT2D eigenvalue weighted by Gasteiger charge is 2.15. The Morgan fingerprint density at radius 2 is 1.81 bits per heavy atom. The van der Waals surface area contributed by atoms with E-state index in [1.54, 1.807) is 19.4 Å². The molecule has 0 amide bonds. The fourth-order valence-electron chi connectivity index (χ4n) is 2.39. The van der Waals surface area contributed by atoms with Crippen molar-refractivity contribution in [2.75, 3.05) is 7.11 Å². The summed E-state index contributed by atoms with van der Waals surface area (Å²) in [6, 6.07) is 5.13.